The Morgan fingerprint density at radius 2 is 1.77 bits per heavy atom. The summed E-state index contributed by atoms with van der Waals surface area (Å²) in [5, 5.41) is 6.60. The van der Waals surface area contributed by atoms with Crippen LogP contribution in [-0.2, 0) is 4.79 Å². The van der Waals surface area contributed by atoms with E-state index >= 15 is 0 Å². The number of Topliss-reactive ketones (excluding diaryl/α,β-unsaturated/α-hetero) is 1. The van der Waals surface area contributed by atoms with E-state index in [0.717, 1.165) is 37.3 Å². The predicted octanol–water partition coefficient (Wildman–Crippen LogP) is 4.31. The van der Waals surface area contributed by atoms with E-state index < -0.39 is 0 Å². The van der Waals surface area contributed by atoms with E-state index in [2.05, 4.69) is 15.5 Å². The van der Waals surface area contributed by atoms with Crippen LogP contribution in [0.25, 0.3) is 0 Å². The molecular formula is C22H24ClN3O4. The van der Waals surface area contributed by atoms with Gasteiger partial charge >= 0.3 is 0 Å². The quantitative estimate of drug-likeness (QED) is 0.666. The highest BCUT2D eigenvalue weighted by atomic mass is 35.5. The van der Waals surface area contributed by atoms with Crippen LogP contribution in [0.15, 0.2) is 30.3 Å². The number of halogens is 1. The number of ether oxygens (including phenoxy) is 2. The Hall–Kier alpha value is -2.93. The van der Waals surface area contributed by atoms with Gasteiger partial charge < -0.3 is 25.0 Å². The van der Waals surface area contributed by atoms with Gasteiger partial charge in [0.05, 0.1) is 23.6 Å². The average Bonchev–Trinajstić information content (AvgIpc) is 3.20. The van der Waals surface area contributed by atoms with Crippen LogP contribution in [-0.4, -0.2) is 38.1 Å². The number of piperidine rings is 1. The van der Waals surface area contributed by atoms with Gasteiger partial charge in [-0.25, -0.2) is 0 Å². The number of benzene rings is 2. The number of carbonyl (C=O) groups is 2. The van der Waals surface area contributed by atoms with Gasteiger partial charge in [-0.05, 0) is 50.5 Å². The topological polar surface area (TPSA) is 79.9 Å². The van der Waals surface area contributed by atoms with E-state index in [-0.39, 0.29) is 25.0 Å². The number of nitrogens with zero attached hydrogens (tertiary/aromatic N) is 1. The molecule has 0 saturated carbocycles. The molecule has 2 aliphatic heterocycles. The Bertz CT molecular complexity index is 973. The third-order valence-corrected chi connectivity index (χ3v) is 5.50. The summed E-state index contributed by atoms with van der Waals surface area (Å²) in [5.74, 6) is 0.562. The van der Waals surface area contributed by atoms with Crippen molar-refractivity contribution in [1.29, 1.82) is 0 Å². The lowest BCUT2D eigenvalue weighted by Crippen LogP contribution is -2.30. The molecule has 0 radical (unpaired) electrons. The van der Waals surface area contributed by atoms with Gasteiger partial charge in [-0.3, -0.25) is 9.59 Å². The lowest BCUT2D eigenvalue weighted by molar-refractivity contribution is -0.114. The number of rotatable bonds is 6. The molecule has 0 aromatic heterocycles. The Morgan fingerprint density at radius 3 is 2.50 bits per heavy atom. The smallest absolute Gasteiger partial charge is 0.243 e. The number of carbonyl (C=O) groups excluding carboxylic acids is 2. The van der Waals surface area contributed by atoms with Crippen LogP contribution in [0.3, 0.4) is 0 Å². The molecule has 30 heavy (non-hydrogen) atoms. The van der Waals surface area contributed by atoms with E-state index in [0.29, 0.717) is 27.8 Å². The molecule has 2 aromatic rings. The summed E-state index contributed by atoms with van der Waals surface area (Å²) in [7, 11) is 0. The lowest BCUT2D eigenvalue weighted by atomic mass is 10.1. The van der Waals surface area contributed by atoms with Crippen LogP contribution in [0, 0.1) is 0 Å². The van der Waals surface area contributed by atoms with E-state index in [1.807, 2.05) is 18.2 Å². The fraction of sp³-hybridized carbons (Fsp3) is 0.364. The van der Waals surface area contributed by atoms with Crippen molar-refractivity contribution >= 4 is 40.4 Å². The molecule has 4 rings (SSSR count). The maximum absolute atomic E-state index is 12.6. The summed E-state index contributed by atoms with van der Waals surface area (Å²) in [4.78, 5) is 26.9. The SMILES string of the molecule is CC(=O)c1cc2c(cc1NC(=O)CNc1cc(Cl)ccc1N1CCCCC1)OCO2. The third kappa shape index (κ3) is 4.46. The average molecular weight is 430 g/mol. The van der Waals surface area contributed by atoms with Crippen molar-refractivity contribution in [3.63, 3.8) is 0 Å². The molecule has 8 heteroatoms. The van der Waals surface area contributed by atoms with Gasteiger partial charge in [-0.2, -0.15) is 0 Å². The van der Waals surface area contributed by atoms with E-state index in [1.165, 1.54) is 13.3 Å². The van der Waals surface area contributed by atoms with Gasteiger partial charge in [0.25, 0.3) is 0 Å². The third-order valence-electron chi connectivity index (χ3n) is 5.26. The van der Waals surface area contributed by atoms with Crippen LogP contribution in [0.5, 0.6) is 11.5 Å². The summed E-state index contributed by atoms with van der Waals surface area (Å²) in [5.41, 5.74) is 2.64. The number of amides is 1. The zero-order valence-electron chi connectivity index (χ0n) is 16.8. The van der Waals surface area contributed by atoms with Crippen molar-refractivity contribution in [3.05, 3.63) is 40.9 Å². The summed E-state index contributed by atoms with van der Waals surface area (Å²) < 4.78 is 10.7. The highest BCUT2D eigenvalue weighted by Gasteiger charge is 2.21. The Balaban J connectivity index is 1.47. The molecule has 1 saturated heterocycles. The predicted molar refractivity (Wildman–Crippen MR) is 117 cm³/mol. The van der Waals surface area contributed by atoms with Crippen molar-refractivity contribution in [1.82, 2.24) is 0 Å². The lowest BCUT2D eigenvalue weighted by Gasteiger charge is -2.30. The number of hydrogen-bond acceptors (Lipinski definition) is 6. The molecule has 0 spiro atoms. The number of fused-ring (bicyclic) bond motifs is 1. The minimum Gasteiger partial charge on any atom is -0.454 e. The maximum Gasteiger partial charge on any atom is 0.243 e. The zero-order valence-corrected chi connectivity index (χ0v) is 17.6. The van der Waals surface area contributed by atoms with E-state index in [4.69, 9.17) is 21.1 Å². The summed E-state index contributed by atoms with van der Waals surface area (Å²) in [6.45, 7) is 3.55. The summed E-state index contributed by atoms with van der Waals surface area (Å²) >= 11 is 6.19. The zero-order chi connectivity index (χ0) is 21.1. The van der Waals surface area contributed by atoms with Crippen LogP contribution < -0.4 is 25.0 Å². The summed E-state index contributed by atoms with van der Waals surface area (Å²) in [6.07, 6.45) is 3.55. The second kappa shape index (κ2) is 8.83. The summed E-state index contributed by atoms with van der Waals surface area (Å²) in [6, 6.07) is 8.90. The fourth-order valence-corrected chi connectivity index (χ4v) is 3.94. The number of nitrogens with one attached hydrogen (secondary N) is 2. The van der Waals surface area contributed by atoms with Gasteiger partial charge in [-0.15, -0.1) is 0 Å². The second-order valence-corrected chi connectivity index (χ2v) is 7.85. The Labute approximate surface area is 180 Å². The Morgan fingerprint density at radius 1 is 1.03 bits per heavy atom. The molecule has 0 atom stereocenters. The fourth-order valence-electron chi connectivity index (χ4n) is 3.77. The Kier molecular flexibility index (Phi) is 5.99. The molecular weight excluding hydrogens is 406 g/mol. The van der Waals surface area contributed by atoms with Crippen LogP contribution in [0.4, 0.5) is 17.1 Å². The molecule has 1 amide bonds. The van der Waals surface area contributed by atoms with Crippen LogP contribution in [0.1, 0.15) is 36.5 Å². The first-order chi connectivity index (χ1) is 14.5. The number of hydrogen-bond donors (Lipinski definition) is 2. The standard InChI is InChI=1S/C22H24ClN3O4/c1-14(27)16-10-20-21(30-13-29-20)11-17(16)25-22(28)12-24-18-9-15(23)5-6-19(18)26-7-3-2-4-8-26/h5-6,9-11,24H,2-4,7-8,12-13H2,1H3,(H,25,28). The molecule has 1 fully saturated rings. The molecule has 7 nitrogen and oxygen atoms in total. The van der Waals surface area contributed by atoms with Crippen molar-refractivity contribution in [2.75, 3.05) is 42.0 Å². The number of anilines is 3. The minimum atomic E-state index is -0.277. The molecule has 2 aliphatic rings. The van der Waals surface area contributed by atoms with Gasteiger partial charge in [0, 0.05) is 29.7 Å². The molecule has 2 aromatic carbocycles. The van der Waals surface area contributed by atoms with Crippen LogP contribution >= 0.6 is 11.6 Å². The number of ketones is 1. The van der Waals surface area contributed by atoms with Crippen molar-refractivity contribution in [2.45, 2.75) is 26.2 Å². The molecule has 0 unspecified atom stereocenters. The molecule has 0 aliphatic carbocycles. The van der Waals surface area contributed by atoms with Crippen molar-refractivity contribution < 1.29 is 19.1 Å². The van der Waals surface area contributed by atoms with Gasteiger partial charge in [0.2, 0.25) is 12.7 Å². The monoisotopic (exact) mass is 429 g/mol. The first-order valence-electron chi connectivity index (χ1n) is 10.0. The van der Waals surface area contributed by atoms with Gasteiger partial charge in [-0.1, -0.05) is 11.6 Å². The second-order valence-electron chi connectivity index (χ2n) is 7.42. The first kappa shape index (κ1) is 20.3. The van der Waals surface area contributed by atoms with E-state index in [1.54, 1.807) is 12.1 Å². The van der Waals surface area contributed by atoms with Crippen molar-refractivity contribution in [3.8, 4) is 11.5 Å². The minimum absolute atomic E-state index is 0.0347. The van der Waals surface area contributed by atoms with Crippen molar-refractivity contribution in [2.24, 2.45) is 0 Å². The molecule has 2 heterocycles. The largest absolute Gasteiger partial charge is 0.454 e. The highest BCUT2D eigenvalue weighted by Crippen LogP contribution is 2.37. The highest BCUT2D eigenvalue weighted by molar-refractivity contribution is 6.31. The molecule has 2 N–H and O–H groups in total. The van der Waals surface area contributed by atoms with Gasteiger partial charge in [0.15, 0.2) is 17.3 Å². The first-order valence-corrected chi connectivity index (χ1v) is 10.4. The van der Waals surface area contributed by atoms with Crippen LogP contribution in [0.2, 0.25) is 5.02 Å². The van der Waals surface area contributed by atoms with Gasteiger partial charge in [0.1, 0.15) is 0 Å². The maximum atomic E-state index is 12.6. The molecule has 0 bridgehead atoms. The molecule has 158 valence electrons. The van der Waals surface area contributed by atoms with E-state index in [9.17, 15) is 9.59 Å². The normalized spacial score (nSPS) is 15.1.